The van der Waals surface area contributed by atoms with E-state index < -0.39 is 0 Å². The zero-order valence-electron chi connectivity index (χ0n) is 12.6. The van der Waals surface area contributed by atoms with E-state index in [4.69, 9.17) is 9.40 Å². The lowest BCUT2D eigenvalue weighted by Gasteiger charge is -2.18. The number of thiazole rings is 1. The number of anilines is 1. The molecule has 2 aromatic rings. The molecule has 0 aliphatic rings. The van der Waals surface area contributed by atoms with Crippen molar-refractivity contribution in [1.82, 2.24) is 10.3 Å². The monoisotopic (exact) mass is 293 g/mol. The molecule has 0 aliphatic carbocycles. The molecule has 0 amide bonds. The predicted molar refractivity (Wildman–Crippen MR) is 84.4 cm³/mol. The quantitative estimate of drug-likeness (QED) is 0.844. The van der Waals surface area contributed by atoms with Gasteiger partial charge in [0, 0.05) is 17.5 Å². The minimum Gasteiger partial charge on any atom is -0.467 e. The SMILES string of the molecule is CCNC(C)c1sc(N(CC)Cc2ccco2)nc1C. The molecule has 1 atom stereocenters. The van der Waals surface area contributed by atoms with Crippen LogP contribution in [-0.4, -0.2) is 18.1 Å². The third-order valence-electron chi connectivity index (χ3n) is 3.30. The van der Waals surface area contributed by atoms with Crippen LogP contribution in [0.1, 0.15) is 43.1 Å². The highest BCUT2D eigenvalue weighted by Gasteiger charge is 2.17. The molecular weight excluding hydrogens is 270 g/mol. The van der Waals surface area contributed by atoms with Crippen LogP contribution in [-0.2, 0) is 6.54 Å². The summed E-state index contributed by atoms with van der Waals surface area (Å²) >= 11 is 1.77. The van der Waals surface area contributed by atoms with Gasteiger partial charge in [0.25, 0.3) is 0 Å². The number of nitrogens with zero attached hydrogens (tertiary/aromatic N) is 2. The lowest BCUT2D eigenvalue weighted by Crippen LogP contribution is -2.21. The van der Waals surface area contributed by atoms with Crippen LogP contribution in [0, 0.1) is 6.92 Å². The lowest BCUT2D eigenvalue weighted by atomic mass is 10.2. The summed E-state index contributed by atoms with van der Waals surface area (Å²) in [6, 6.07) is 4.29. The second-order valence-corrected chi connectivity index (χ2v) is 5.83. The van der Waals surface area contributed by atoms with E-state index in [0.717, 1.165) is 36.2 Å². The van der Waals surface area contributed by atoms with Crippen LogP contribution in [0.3, 0.4) is 0 Å². The first-order valence-corrected chi connectivity index (χ1v) is 7.95. The molecule has 0 saturated heterocycles. The van der Waals surface area contributed by atoms with Gasteiger partial charge in [-0.2, -0.15) is 0 Å². The number of rotatable bonds is 7. The van der Waals surface area contributed by atoms with Gasteiger partial charge in [0.2, 0.25) is 0 Å². The van der Waals surface area contributed by atoms with Gasteiger partial charge in [-0.25, -0.2) is 4.98 Å². The van der Waals surface area contributed by atoms with Gasteiger partial charge in [-0.05, 0) is 39.4 Å². The Bertz CT molecular complexity index is 521. The molecule has 110 valence electrons. The fraction of sp³-hybridized carbons (Fsp3) is 0.533. The number of aryl methyl sites for hydroxylation is 1. The number of hydrogen-bond acceptors (Lipinski definition) is 5. The highest BCUT2D eigenvalue weighted by molar-refractivity contribution is 7.15. The Balaban J connectivity index is 2.16. The molecule has 0 bridgehead atoms. The van der Waals surface area contributed by atoms with Crippen LogP contribution in [0.15, 0.2) is 22.8 Å². The Morgan fingerprint density at radius 1 is 1.45 bits per heavy atom. The van der Waals surface area contributed by atoms with Crippen LogP contribution in [0.2, 0.25) is 0 Å². The van der Waals surface area contributed by atoms with Gasteiger partial charge in [-0.15, -0.1) is 11.3 Å². The Morgan fingerprint density at radius 2 is 2.25 bits per heavy atom. The van der Waals surface area contributed by atoms with Crippen molar-refractivity contribution in [1.29, 1.82) is 0 Å². The molecule has 0 saturated carbocycles. The van der Waals surface area contributed by atoms with Crippen molar-refractivity contribution < 1.29 is 4.42 Å². The van der Waals surface area contributed by atoms with Crippen LogP contribution >= 0.6 is 11.3 Å². The number of nitrogens with one attached hydrogen (secondary N) is 1. The number of hydrogen-bond donors (Lipinski definition) is 1. The first-order valence-electron chi connectivity index (χ1n) is 7.13. The van der Waals surface area contributed by atoms with E-state index in [-0.39, 0.29) is 0 Å². The molecule has 0 fully saturated rings. The molecule has 2 rings (SSSR count). The van der Waals surface area contributed by atoms with Crippen molar-refractivity contribution in [2.45, 2.75) is 40.3 Å². The number of furan rings is 1. The summed E-state index contributed by atoms with van der Waals surface area (Å²) in [6.07, 6.45) is 1.72. The Morgan fingerprint density at radius 3 is 2.85 bits per heavy atom. The van der Waals surface area contributed by atoms with E-state index in [2.05, 4.69) is 37.9 Å². The molecule has 0 aromatic carbocycles. The van der Waals surface area contributed by atoms with Gasteiger partial charge in [-0.1, -0.05) is 6.92 Å². The molecule has 20 heavy (non-hydrogen) atoms. The van der Waals surface area contributed by atoms with Crippen molar-refractivity contribution in [3.05, 3.63) is 34.7 Å². The maximum Gasteiger partial charge on any atom is 0.186 e. The molecule has 1 N–H and O–H groups in total. The zero-order valence-corrected chi connectivity index (χ0v) is 13.5. The van der Waals surface area contributed by atoms with Crippen LogP contribution < -0.4 is 10.2 Å². The standard InChI is InChI=1S/C15H23N3OS/c1-5-16-11(3)14-12(4)17-15(20-14)18(6-2)10-13-8-7-9-19-13/h7-9,11,16H,5-6,10H2,1-4H3. The van der Waals surface area contributed by atoms with E-state index in [9.17, 15) is 0 Å². The smallest absolute Gasteiger partial charge is 0.186 e. The van der Waals surface area contributed by atoms with Crippen LogP contribution in [0.25, 0.3) is 0 Å². The second-order valence-electron chi connectivity index (χ2n) is 4.82. The van der Waals surface area contributed by atoms with Crippen LogP contribution in [0.5, 0.6) is 0 Å². The van der Waals surface area contributed by atoms with Gasteiger partial charge in [-0.3, -0.25) is 0 Å². The average molecular weight is 293 g/mol. The van der Waals surface area contributed by atoms with Gasteiger partial charge < -0.3 is 14.6 Å². The molecule has 5 heteroatoms. The van der Waals surface area contributed by atoms with Crippen molar-refractivity contribution in [3.8, 4) is 0 Å². The molecule has 2 aromatic heterocycles. The lowest BCUT2D eigenvalue weighted by molar-refractivity contribution is 0.503. The number of aromatic nitrogens is 1. The fourth-order valence-corrected chi connectivity index (χ4v) is 3.39. The van der Waals surface area contributed by atoms with Gasteiger partial charge in [0.15, 0.2) is 5.13 Å². The third kappa shape index (κ3) is 3.41. The molecule has 2 heterocycles. The minimum atomic E-state index is 0.355. The average Bonchev–Trinajstić information content (AvgIpc) is 3.05. The molecule has 1 unspecified atom stereocenters. The molecule has 0 aliphatic heterocycles. The van der Waals surface area contributed by atoms with Crippen molar-refractivity contribution in [2.75, 3.05) is 18.0 Å². The van der Waals surface area contributed by atoms with E-state index in [1.54, 1.807) is 17.6 Å². The van der Waals surface area contributed by atoms with Crippen molar-refractivity contribution in [2.24, 2.45) is 0 Å². The third-order valence-corrected chi connectivity index (χ3v) is 4.70. The minimum absolute atomic E-state index is 0.355. The molecule has 0 radical (unpaired) electrons. The summed E-state index contributed by atoms with van der Waals surface area (Å²) in [4.78, 5) is 8.30. The summed E-state index contributed by atoms with van der Waals surface area (Å²) in [7, 11) is 0. The van der Waals surface area contributed by atoms with Gasteiger partial charge in [0.1, 0.15) is 5.76 Å². The van der Waals surface area contributed by atoms with E-state index in [1.807, 2.05) is 12.1 Å². The highest BCUT2D eigenvalue weighted by atomic mass is 32.1. The first kappa shape index (κ1) is 15.1. The first-order chi connectivity index (χ1) is 9.65. The summed E-state index contributed by atoms with van der Waals surface area (Å²) in [5.74, 6) is 0.973. The summed E-state index contributed by atoms with van der Waals surface area (Å²) in [5, 5.41) is 4.52. The Labute approximate surface area is 124 Å². The Hall–Kier alpha value is -1.33. The van der Waals surface area contributed by atoms with Crippen molar-refractivity contribution >= 4 is 16.5 Å². The summed E-state index contributed by atoms with van der Waals surface area (Å²) in [5.41, 5.74) is 1.12. The largest absolute Gasteiger partial charge is 0.467 e. The van der Waals surface area contributed by atoms with E-state index >= 15 is 0 Å². The van der Waals surface area contributed by atoms with Crippen LogP contribution in [0.4, 0.5) is 5.13 Å². The topological polar surface area (TPSA) is 41.3 Å². The highest BCUT2D eigenvalue weighted by Crippen LogP contribution is 2.31. The van der Waals surface area contributed by atoms with E-state index in [0.29, 0.717) is 6.04 Å². The summed E-state index contributed by atoms with van der Waals surface area (Å²) in [6.45, 7) is 11.2. The second kappa shape index (κ2) is 6.90. The van der Waals surface area contributed by atoms with Gasteiger partial charge >= 0.3 is 0 Å². The van der Waals surface area contributed by atoms with E-state index in [1.165, 1.54) is 4.88 Å². The maximum atomic E-state index is 5.43. The predicted octanol–water partition coefficient (Wildman–Crippen LogP) is 3.74. The fourth-order valence-electron chi connectivity index (χ4n) is 2.23. The zero-order chi connectivity index (χ0) is 14.5. The Kier molecular flexibility index (Phi) is 5.20. The molecule has 4 nitrogen and oxygen atoms in total. The molecule has 0 spiro atoms. The molecular formula is C15H23N3OS. The van der Waals surface area contributed by atoms with Gasteiger partial charge in [0.05, 0.1) is 18.5 Å². The normalized spacial score (nSPS) is 12.6. The maximum absolute atomic E-state index is 5.43. The summed E-state index contributed by atoms with van der Waals surface area (Å²) < 4.78 is 5.43. The van der Waals surface area contributed by atoms with Crippen molar-refractivity contribution in [3.63, 3.8) is 0 Å².